The summed E-state index contributed by atoms with van der Waals surface area (Å²) in [5.74, 6) is 1.74. The molecule has 0 amide bonds. The summed E-state index contributed by atoms with van der Waals surface area (Å²) in [6.45, 7) is 22.7. The van der Waals surface area contributed by atoms with Crippen LogP contribution in [0.25, 0.3) is 0 Å². The summed E-state index contributed by atoms with van der Waals surface area (Å²) in [7, 11) is 1.39. The standard InChI is InChI=1S/C37H60O6.C2H6/c1-23-12-17-37(20-28(38)39)19-18-35(7)24(31(23)37)10-11-26-34(6)15-14-27(33(4,5)25(34)13-16-36(26,35)8)43-30(41)22-32(2,3)21-29(40)42-9;1-2/h23-27,31H,10-22H2,1-9H3,(H,38,39);1-2H3/t23-,24?,25?,26?,27+,31?,34+,35-,36-,37-;/m1./s1. The van der Waals surface area contributed by atoms with Gasteiger partial charge in [-0.15, -0.1) is 0 Å². The third kappa shape index (κ3) is 5.89. The first-order chi connectivity index (χ1) is 20.9. The lowest BCUT2D eigenvalue weighted by Crippen LogP contribution is -2.66. The third-order valence-electron chi connectivity index (χ3n) is 15.1. The van der Waals surface area contributed by atoms with E-state index in [2.05, 4.69) is 41.5 Å². The quantitative estimate of drug-likeness (QED) is 0.282. The van der Waals surface area contributed by atoms with E-state index in [1.165, 1.54) is 32.8 Å². The van der Waals surface area contributed by atoms with Crippen molar-refractivity contribution in [3.63, 3.8) is 0 Å². The Morgan fingerprint density at radius 2 is 1.42 bits per heavy atom. The van der Waals surface area contributed by atoms with Crippen molar-refractivity contribution < 1.29 is 29.0 Å². The van der Waals surface area contributed by atoms with Crippen LogP contribution in [-0.4, -0.2) is 36.2 Å². The van der Waals surface area contributed by atoms with Crippen molar-refractivity contribution in [3.05, 3.63) is 0 Å². The van der Waals surface area contributed by atoms with E-state index in [1.54, 1.807) is 0 Å². The molecule has 10 atom stereocenters. The van der Waals surface area contributed by atoms with Crippen LogP contribution in [0.15, 0.2) is 0 Å². The van der Waals surface area contributed by atoms with Crippen molar-refractivity contribution in [1.82, 2.24) is 0 Å². The number of hydrogen-bond donors (Lipinski definition) is 1. The van der Waals surface area contributed by atoms with Crippen molar-refractivity contribution in [1.29, 1.82) is 0 Å². The van der Waals surface area contributed by atoms with E-state index < -0.39 is 11.4 Å². The van der Waals surface area contributed by atoms with Gasteiger partial charge in [0.25, 0.3) is 0 Å². The molecule has 0 aromatic carbocycles. The molecule has 5 aliphatic carbocycles. The number of carboxylic acid groups (broad SMARTS) is 1. The Bertz CT molecular complexity index is 1130. The van der Waals surface area contributed by atoms with E-state index in [4.69, 9.17) is 9.47 Å². The molecular formula is C39H66O6. The summed E-state index contributed by atoms with van der Waals surface area (Å²) in [5, 5.41) is 9.93. The Morgan fingerprint density at radius 3 is 2.04 bits per heavy atom. The van der Waals surface area contributed by atoms with Crippen LogP contribution in [0.4, 0.5) is 0 Å². The predicted octanol–water partition coefficient (Wildman–Crippen LogP) is 9.48. The zero-order valence-electron chi connectivity index (χ0n) is 30.6. The maximum absolute atomic E-state index is 13.2. The predicted molar refractivity (Wildman–Crippen MR) is 178 cm³/mol. The summed E-state index contributed by atoms with van der Waals surface area (Å²) >= 11 is 0. The Balaban J connectivity index is 0.00000226. The molecule has 0 aliphatic heterocycles. The fourth-order valence-electron chi connectivity index (χ4n) is 13.0. The maximum Gasteiger partial charge on any atom is 0.306 e. The molecule has 0 radical (unpaired) electrons. The molecule has 45 heavy (non-hydrogen) atoms. The number of methoxy groups -OCH3 is 1. The molecule has 0 heterocycles. The number of carbonyl (C=O) groups excluding carboxylic acids is 2. The number of carbonyl (C=O) groups is 3. The third-order valence-corrected chi connectivity index (χ3v) is 15.1. The normalized spacial score (nSPS) is 43.3. The van der Waals surface area contributed by atoms with Crippen molar-refractivity contribution in [2.24, 2.45) is 62.1 Å². The second-order valence-corrected chi connectivity index (χ2v) is 18.1. The second kappa shape index (κ2) is 12.5. The van der Waals surface area contributed by atoms with Gasteiger partial charge in [0.2, 0.25) is 0 Å². The van der Waals surface area contributed by atoms with Crippen LogP contribution >= 0.6 is 0 Å². The lowest BCUT2D eigenvalue weighted by molar-refractivity contribution is -0.251. The Morgan fingerprint density at radius 1 is 0.778 bits per heavy atom. The van der Waals surface area contributed by atoms with E-state index in [0.29, 0.717) is 36.0 Å². The molecule has 1 N–H and O–H groups in total. The molecule has 5 saturated carbocycles. The van der Waals surface area contributed by atoms with Crippen LogP contribution in [-0.2, 0) is 23.9 Å². The van der Waals surface area contributed by atoms with Crippen molar-refractivity contribution in [2.75, 3.05) is 7.11 Å². The first kappa shape index (κ1) is 36.2. The topological polar surface area (TPSA) is 89.9 Å². The molecule has 0 aromatic heterocycles. The highest BCUT2D eigenvalue weighted by atomic mass is 16.5. The lowest BCUT2D eigenvalue weighted by atomic mass is 9.32. The summed E-state index contributed by atoms with van der Waals surface area (Å²) < 4.78 is 11.1. The van der Waals surface area contributed by atoms with Gasteiger partial charge in [-0.2, -0.15) is 0 Å². The minimum atomic E-state index is -0.609. The summed E-state index contributed by atoms with van der Waals surface area (Å²) in [4.78, 5) is 37.1. The van der Waals surface area contributed by atoms with Gasteiger partial charge in [-0.3, -0.25) is 14.4 Å². The number of hydrogen-bond acceptors (Lipinski definition) is 5. The first-order valence-corrected chi connectivity index (χ1v) is 18.3. The van der Waals surface area contributed by atoms with Gasteiger partial charge < -0.3 is 14.6 Å². The van der Waals surface area contributed by atoms with Crippen LogP contribution in [0.5, 0.6) is 0 Å². The number of fused-ring (bicyclic) bond motifs is 7. The molecule has 5 rings (SSSR count). The maximum atomic E-state index is 13.2. The monoisotopic (exact) mass is 630 g/mol. The molecule has 6 nitrogen and oxygen atoms in total. The minimum Gasteiger partial charge on any atom is -0.481 e. The number of aliphatic carboxylic acids is 1. The van der Waals surface area contributed by atoms with E-state index in [0.717, 1.165) is 38.5 Å². The fourth-order valence-corrected chi connectivity index (χ4v) is 13.0. The van der Waals surface area contributed by atoms with Gasteiger partial charge in [0.1, 0.15) is 6.10 Å². The highest BCUT2D eigenvalue weighted by Crippen LogP contribution is 2.77. The SMILES string of the molecule is CC.COC(=O)CC(C)(C)CC(=O)O[C@H]1CC[C@@]2(C)C(CC[C@]3(C)C2CCC2C4[C@H](C)CC[C@]4(CC(=O)O)CC[C@]23C)C1(C)C. The van der Waals surface area contributed by atoms with Crippen LogP contribution < -0.4 is 0 Å². The van der Waals surface area contributed by atoms with Gasteiger partial charge in [-0.05, 0) is 121 Å². The number of carboxylic acids is 1. The van der Waals surface area contributed by atoms with Crippen molar-refractivity contribution >= 4 is 17.9 Å². The molecule has 6 heteroatoms. The second-order valence-electron chi connectivity index (χ2n) is 18.1. The Labute approximate surface area is 274 Å². The highest BCUT2D eigenvalue weighted by Gasteiger charge is 2.70. The molecule has 5 fully saturated rings. The molecule has 4 unspecified atom stereocenters. The minimum absolute atomic E-state index is 0.00489. The average molecular weight is 631 g/mol. The molecular weight excluding hydrogens is 564 g/mol. The Hall–Kier alpha value is -1.59. The van der Waals surface area contributed by atoms with Crippen LogP contribution in [0.1, 0.15) is 153 Å². The molecule has 0 spiro atoms. The van der Waals surface area contributed by atoms with Crippen LogP contribution in [0.2, 0.25) is 0 Å². The number of ether oxygens (including phenoxy) is 2. The fraction of sp³-hybridized carbons (Fsp3) is 0.923. The number of rotatable bonds is 7. The van der Waals surface area contributed by atoms with Gasteiger partial charge in [0.05, 0.1) is 26.4 Å². The van der Waals surface area contributed by atoms with E-state index in [1.807, 2.05) is 27.7 Å². The highest BCUT2D eigenvalue weighted by molar-refractivity contribution is 5.74. The molecule has 258 valence electrons. The lowest BCUT2D eigenvalue weighted by Gasteiger charge is -2.73. The zero-order valence-corrected chi connectivity index (χ0v) is 30.6. The smallest absolute Gasteiger partial charge is 0.306 e. The summed E-state index contributed by atoms with van der Waals surface area (Å²) in [5.41, 5.74) is 0.0161. The summed E-state index contributed by atoms with van der Waals surface area (Å²) in [6, 6.07) is 0. The summed E-state index contributed by atoms with van der Waals surface area (Å²) in [6.07, 6.45) is 11.9. The van der Waals surface area contributed by atoms with Gasteiger partial charge in [0.15, 0.2) is 0 Å². The van der Waals surface area contributed by atoms with Crippen molar-refractivity contribution in [2.45, 2.75) is 159 Å². The van der Waals surface area contributed by atoms with E-state index in [9.17, 15) is 19.5 Å². The van der Waals surface area contributed by atoms with E-state index in [-0.39, 0.29) is 58.0 Å². The largest absolute Gasteiger partial charge is 0.481 e. The zero-order chi connectivity index (χ0) is 33.8. The van der Waals surface area contributed by atoms with Crippen LogP contribution in [0.3, 0.4) is 0 Å². The Kier molecular flexibility index (Phi) is 10.0. The first-order valence-electron chi connectivity index (χ1n) is 18.3. The van der Waals surface area contributed by atoms with Crippen LogP contribution in [0, 0.1) is 62.1 Å². The molecule has 5 aliphatic rings. The van der Waals surface area contributed by atoms with Gasteiger partial charge >= 0.3 is 17.9 Å². The van der Waals surface area contributed by atoms with Gasteiger partial charge in [-0.1, -0.05) is 69.2 Å². The number of esters is 2. The van der Waals surface area contributed by atoms with Crippen molar-refractivity contribution in [3.8, 4) is 0 Å². The van der Waals surface area contributed by atoms with Gasteiger partial charge in [-0.25, -0.2) is 0 Å². The molecule has 0 saturated heterocycles. The molecule has 0 aromatic rings. The van der Waals surface area contributed by atoms with Gasteiger partial charge in [0, 0.05) is 5.41 Å². The average Bonchev–Trinajstić information content (AvgIpc) is 3.26. The van der Waals surface area contributed by atoms with E-state index >= 15 is 0 Å². The molecule has 0 bridgehead atoms.